The standard InChI is InChI=1S/C28H28N2O2/c31-28(30-17-25(19-8-2-1-3-9-19)24-16-29-15-14-27(24)30)32-18-26-22-12-6-4-10-20(22)21-11-5-7-13-23(21)26/h1-13,24-27,29H,14-18H2/t24-,25-,27-/m1/s1. The van der Waals surface area contributed by atoms with Gasteiger partial charge in [-0.05, 0) is 40.8 Å². The Morgan fingerprint density at radius 2 is 1.56 bits per heavy atom. The average molecular weight is 425 g/mol. The van der Waals surface area contributed by atoms with Crippen LogP contribution < -0.4 is 5.32 Å². The minimum Gasteiger partial charge on any atom is -0.448 e. The van der Waals surface area contributed by atoms with Gasteiger partial charge in [0.25, 0.3) is 0 Å². The molecule has 1 amide bonds. The monoisotopic (exact) mass is 424 g/mol. The second-order valence-corrected chi connectivity index (χ2v) is 9.20. The number of fused-ring (bicyclic) bond motifs is 4. The zero-order valence-electron chi connectivity index (χ0n) is 18.1. The second-order valence-electron chi connectivity index (χ2n) is 9.20. The van der Waals surface area contributed by atoms with Gasteiger partial charge >= 0.3 is 6.09 Å². The highest BCUT2D eigenvalue weighted by Crippen LogP contribution is 2.45. The predicted molar refractivity (Wildman–Crippen MR) is 126 cm³/mol. The van der Waals surface area contributed by atoms with Crippen LogP contribution in [0.15, 0.2) is 78.9 Å². The van der Waals surface area contributed by atoms with Crippen molar-refractivity contribution in [3.8, 4) is 11.1 Å². The number of hydrogen-bond donors (Lipinski definition) is 1. The summed E-state index contributed by atoms with van der Waals surface area (Å²) in [5, 5.41) is 3.54. The number of carbonyl (C=O) groups is 1. The van der Waals surface area contributed by atoms with E-state index in [1.54, 1.807) is 0 Å². The molecule has 32 heavy (non-hydrogen) atoms. The third-order valence-electron chi connectivity index (χ3n) is 7.60. The molecule has 1 aliphatic carbocycles. The molecule has 3 aliphatic rings. The molecule has 2 fully saturated rings. The van der Waals surface area contributed by atoms with Crippen LogP contribution in [0.1, 0.15) is 34.9 Å². The highest BCUT2D eigenvalue weighted by molar-refractivity contribution is 5.79. The van der Waals surface area contributed by atoms with Crippen molar-refractivity contribution in [3.05, 3.63) is 95.6 Å². The van der Waals surface area contributed by atoms with Crippen LogP contribution in [0, 0.1) is 5.92 Å². The molecule has 0 bridgehead atoms. The summed E-state index contributed by atoms with van der Waals surface area (Å²) in [5.74, 6) is 0.892. The molecule has 2 saturated heterocycles. The van der Waals surface area contributed by atoms with Crippen molar-refractivity contribution in [1.29, 1.82) is 0 Å². The van der Waals surface area contributed by atoms with E-state index in [9.17, 15) is 4.79 Å². The molecule has 1 N–H and O–H groups in total. The quantitative estimate of drug-likeness (QED) is 0.642. The zero-order chi connectivity index (χ0) is 21.5. The van der Waals surface area contributed by atoms with Crippen molar-refractivity contribution in [1.82, 2.24) is 10.2 Å². The van der Waals surface area contributed by atoms with Crippen molar-refractivity contribution in [2.45, 2.75) is 24.3 Å². The van der Waals surface area contributed by atoms with Gasteiger partial charge in [-0.1, -0.05) is 78.9 Å². The van der Waals surface area contributed by atoms with E-state index in [-0.39, 0.29) is 18.1 Å². The molecule has 3 atom stereocenters. The minimum absolute atomic E-state index is 0.0997. The molecule has 4 heteroatoms. The summed E-state index contributed by atoms with van der Waals surface area (Å²) in [6.07, 6.45) is 0.820. The molecular weight excluding hydrogens is 396 g/mol. The Morgan fingerprint density at radius 1 is 0.906 bits per heavy atom. The Labute approximate surface area is 189 Å². The molecule has 4 nitrogen and oxygen atoms in total. The maximum Gasteiger partial charge on any atom is 0.410 e. The van der Waals surface area contributed by atoms with E-state index in [0.29, 0.717) is 18.4 Å². The van der Waals surface area contributed by atoms with Crippen LogP contribution in [0.2, 0.25) is 0 Å². The summed E-state index contributed by atoms with van der Waals surface area (Å²) in [6.45, 7) is 3.03. The summed E-state index contributed by atoms with van der Waals surface area (Å²) < 4.78 is 6.02. The van der Waals surface area contributed by atoms with Crippen molar-refractivity contribution in [2.24, 2.45) is 5.92 Å². The number of likely N-dealkylation sites (tertiary alicyclic amines) is 1. The summed E-state index contributed by atoms with van der Waals surface area (Å²) >= 11 is 0. The first-order chi connectivity index (χ1) is 15.8. The van der Waals surface area contributed by atoms with Crippen molar-refractivity contribution < 1.29 is 9.53 Å². The Morgan fingerprint density at radius 3 is 2.28 bits per heavy atom. The Balaban J connectivity index is 1.22. The Hall–Kier alpha value is -3.11. The normalized spacial score (nSPS) is 24.0. The summed E-state index contributed by atoms with van der Waals surface area (Å²) in [4.78, 5) is 15.4. The SMILES string of the molecule is O=C(OCC1c2ccccc2-c2ccccc21)N1C[C@H](c2ccccc2)[C@H]2CNCC[C@H]21. The van der Waals surface area contributed by atoms with Crippen LogP contribution in [-0.2, 0) is 4.74 Å². The van der Waals surface area contributed by atoms with E-state index < -0.39 is 0 Å². The predicted octanol–water partition coefficient (Wildman–Crippen LogP) is 5.01. The first-order valence-corrected chi connectivity index (χ1v) is 11.7. The number of rotatable bonds is 3. The highest BCUT2D eigenvalue weighted by Gasteiger charge is 2.46. The number of nitrogens with zero attached hydrogens (tertiary/aromatic N) is 1. The van der Waals surface area contributed by atoms with Crippen LogP contribution >= 0.6 is 0 Å². The number of nitrogens with one attached hydrogen (secondary N) is 1. The van der Waals surface area contributed by atoms with Gasteiger partial charge in [0.2, 0.25) is 0 Å². The summed E-state index contributed by atoms with van der Waals surface area (Å²) in [7, 11) is 0. The van der Waals surface area contributed by atoms with Gasteiger partial charge in [0.05, 0.1) is 0 Å². The first kappa shape index (κ1) is 19.6. The molecule has 0 saturated carbocycles. The molecule has 6 rings (SSSR count). The molecule has 2 heterocycles. The number of benzene rings is 3. The topological polar surface area (TPSA) is 41.6 Å². The first-order valence-electron chi connectivity index (χ1n) is 11.7. The molecule has 3 aromatic rings. The van der Waals surface area contributed by atoms with E-state index in [1.807, 2.05) is 4.90 Å². The Kier molecular flexibility index (Phi) is 4.95. The van der Waals surface area contributed by atoms with Gasteiger partial charge in [0.1, 0.15) is 6.61 Å². The second kappa shape index (κ2) is 8.10. The minimum atomic E-state index is -0.165. The molecule has 0 spiro atoms. The van der Waals surface area contributed by atoms with Crippen LogP contribution in [0.3, 0.4) is 0 Å². The van der Waals surface area contributed by atoms with E-state index in [2.05, 4.69) is 84.2 Å². The Bertz CT molecular complexity index is 1080. The molecule has 162 valence electrons. The lowest BCUT2D eigenvalue weighted by molar-refractivity contribution is 0.0871. The number of hydrogen-bond acceptors (Lipinski definition) is 3. The zero-order valence-corrected chi connectivity index (χ0v) is 18.1. The number of amides is 1. The smallest absolute Gasteiger partial charge is 0.410 e. The number of ether oxygens (including phenoxy) is 1. The molecular formula is C28H28N2O2. The van der Waals surface area contributed by atoms with Crippen molar-refractivity contribution >= 4 is 6.09 Å². The molecule has 0 unspecified atom stereocenters. The fourth-order valence-corrected chi connectivity index (χ4v) is 6.09. The van der Waals surface area contributed by atoms with Gasteiger partial charge in [0, 0.05) is 36.9 Å². The van der Waals surface area contributed by atoms with Gasteiger partial charge in [-0.15, -0.1) is 0 Å². The highest BCUT2D eigenvalue weighted by atomic mass is 16.6. The maximum atomic E-state index is 13.3. The van der Waals surface area contributed by atoms with Gasteiger partial charge in [-0.25, -0.2) is 4.79 Å². The lowest BCUT2D eigenvalue weighted by Gasteiger charge is -2.32. The lowest BCUT2D eigenvalue weighted by Crippen LogP contribution is -2.46. The third-order valence-corrected chi connectivity index (χ3v) is 7.60. The fourth-order valence-electron chi connectivity index (χ4n) is 6.09. The number of piperidine rings is 1. The molecule has 2 aliphatic heterocycles. The molecule has 0 radical (unpaired) electrons. The lowest BCUT2D eigenvalue weighted by atomic mass is 9.82. The fraction of sp³-hybridized carbons (Fsp3) is 0.321. The van der Waals surface area contributed by atoms with Gasteiger partial charge in [0.15, 0.2) is 0 Å². The largest absolute Gasteiger partial charge is 0.448 e. The van der Waals surface area contributed by atoms with E-state index in [0.717, 1.165) is 26.1 Å². The average Bonchev–Trinajstić information content (AvgIpc) is 3.40. The van der Waals surface area contributed by atoms with E-state index in [1.165, 1.54) is 27.8 Å². The molecule has 0 aromatic heterocycles. The summed E-state index contributed by atoms with van der Waals surface area (Å²) in [5.41, 5.74) is 6.34. The summed E-state index contributed by atoms with van der Waals surface area (Å²) in [6, 6.07) is 27.8. The molecule has 3 aromatic carbocycles. The van der Waals surface area contributed by atoms with Crippen molar-refractivity contribution in [3.63, 3.8) is 0 Å². The number of carbonyl (C=O) groups excluding carboxylic acids is 1. The van der Waals surface area contributed by atoms with Gasteiger partial charge in [-0.2, -0.15) is 0 Å². The van der Waals surface area contributed by atoms with Gasteiger partial charge in [-0.3, -0.25) is 0 Å². The third kappa shape index (κ3) is 3.21. The van der Waals surface area contributed by atoms with Crippen LogP contribution in [0.4, 0.5) is 4.79 Å². The van der Waals surface area contributed by atoms with E-state index >= 15 is 0 Å². The van der Waals surface area contributed by atoms with Crippen LogP contribution in [0.5, 0.6) is 0 Å². The van der Waals surface area contributed by atoms with Crippen LogP contribution in [-0.4, -0.2) is 43.3 Å². The van der Waals surface area contributed by atoms with Crippen molar-refractivity contribution in [2.75, 3.05) is 26.2 Å². The van der Waals surface area contributed by atoms with Gasteiger partial charge < -0.3 is 15.0 Å². The van der Waals surface area contributed by atoms with E-state index in [4.69, 9.17) is 4.74 Å². The van der Waals surface area contributed by atoms with Crippen LogP contribution in [0.25, 0.3) is 11.1 Å². The maximum absolute atomic E-state index is 13.3.